The van der Waals surface area contributed by atoms with E-state index >= 15 is 0 Å². The molecule has 4 rings (SSSR count). The van der Waals surface area contributed by atoms with Crippen molar-refractivity contribution < 1.29 is 33.2 Å². The molecule has 0 fully saturated rings. The van der Waals surface area contributed by atoms with Crippen LogP contribution in [-0.4, -0.2) is 32.7 Å². The van der Waals surface area contributed by atoms with Gasteiger partial charge in [-0.05, 0) is 48.9 Å². The maximum absolute atomic E-state index is 13.2. The van der Waals surface area contributed by atoms with Crippen molar-refractivity contribution in [3.63, 3.8) is 0 Å². The topological polar surface area (TPSA) is 149 Å². The molecule has 2 amide bonds. The molecule has 0 saturated heterocycles. The first kappa shape index (κ1) is 24.9. The summed E-state index contributed by atoms with van der Waals surface area (Å²) < 4.78 is 21.7. The molecule has 3 aromatic carbocycles. The van der Waals surface area contributed by atoms with Crippen molar-refractivity contribution in [3.8, 4) is 17.6 Å². The number of nitriles is 1. The van der Waals surface area contributed by atoms with E-state index in [2.05, 4.69) is 15.9 Å². The highest BCUT2D eigenvalue weighted by atomic mass is 31.2. The van der Waals surface area contributed by atoms with E-state index in [4.69, 9.17) is 14.5 Å². The van der Waals surface area contributed by atoms with Gasteiger partial charge >= 0.3 is 7.82 Å². The van der Waals surface area contributed by atoms with Crippen molar-refractivity contribution in [2.24, 2.45) is 0 Å². The summed E-state index contributed by atoms with van der Waals surface area (Å²) in [5, 5.41) is 12.2. The van der Waals surface area contributed by atoms with Crippen LogP contribution in [0.4, 0.5) is 5.69 Å². The number of amides is 2. The fourth-order valence-electron chi connectivity index (χ4n) is 3.64. The van der Waals surface area contributed by atoms with Crippen molar-refractivity contribution >= 4 is 30.9 Å². The highest BCUT2D eigenvalue weighted by molar-refractivity contribution is 7.46. The standard InChI is InChI=1S/C25H20N3O7P/c1-16(35-36(31,32)33)28-24(29)22(17-7-3-2-4-8-17)23(25(28)30)27-19-11-13-20(14-12-19)34-21-10-6-5-9-18(21)15-26/h2-14,16,27H,1H3,(H2,31,32,33). The molecule has 0 radical (unpaired) electrons. The molecule has 0 saturated carbocycles. The molecular weight excluding hydrogens is 485 g/mol. The number of phosphoric ester groups is 1. The predicted octanol–water partition coefficient (Wildman–Crippen LogP) is 4.00. The molecule has 1 heterocycles. The Labute approximate surface area is 206 Å². The van der Waals surface area contributed by atoms with Gasteiger partial charge in [0.25, 0.3) is 11.8 Å². The van der Waals surface area contributed by atoms with Crippen LogP contribution in [0.15, 0.2) is 84.6 Å². The van der Waals surface area contributed by atoms with Crippen LogP contribution in [0.3, 0.4) is 0 Å². The number of nitrogens with zero attached hydrogens (tertiary/aromatic N) is 2. The third kappa shape index (κ3) is 5.35. The lowest BCUT2D eigenvalue weighted by Crippen LogP contribution is -2.41. The zero-order valence-electron chi connectivity index (χ0n) is 18.9. The van der Waals surface area contributed by atoms with E-state index in [-0.39, 0.29) is 11.3 Å². The SMILES string of the molecule is CC(OP(=O)(O)O)N1C(=O)C(Nc2ccc(Oc3ccccc3C#N)cc2)=C(c2ccccc2)C1=O. The summed E-state index contributed by atoms with van der Waals surface area (Å²) in [4.78, 5) is 45.3. The Morgan fingerprint density at radius 2 is 1.58 bits per heavy atom. The summed E-state index contributed by atoms with van der Waals surface area (Å²) >= 11 is 0. The van der Waals surface area contributed by atoms with E-state index < -0.39 is 25.9 Å². The van der Waals surface area contributed by atoms with Crippen LogP contribution in [0.25, 0.3) is 5.57 Å². The second-order valence-electron chi connectivity index (χ2n) is 7.65. The van der Waals surface area contributed by atoms with Gasteiger partial charge in [-0.3, -0.25) is 14.1 Å². The van der Waals surface area contributed by atoms with Crippen molar-refractivity contribution in [1.29, 1.82) is 5.26 Å². The average Bonchev–Trinajstić information content (AvgIpc) is 3.09. The van der Waals surface area contributed by atoms with Crippen molar-refractivity contribution in [1.82, 2.24) is 4.90 Å². The van der Waals surface area contributed by atoms with Crippen molar-refractivity contribution in [3.05, 3.63) is 95.7 Å². The molecule has 11 heteroatoms. The molecule has 0 bridgehead atoms. The second-order valence-corrected chi connectivity index (χ2v) is 8.84. The largest absolute Gasteiger partial charge is 0.471 e. The first-order chi connectivity index (χ1) is 17.2. The number of hydrogen-bond acceptors (Lipinski definition) is 7. The Bertz CT molecular complexity index is 1430. The van der Waals surface area contributed by atoms with Gasteiger partial charge in [0.1, 0.15) is 29.5 Å². The first-order valence-corrected chi connectivity index (χ1v) is 12.2. The molecule has 10 nitrogen and oxygen atoms in total. The Morgan fingerprint density at radius 1 is 0.944 bits per heavy atom. The first-order valence-electron chi connectivity index (χ1n) is 10.6. The lowest BCUT2D eigenvalue weighted by molar-refractivity contribution is -0.145. The van der Waals surface area contributed by atoms with Crippen molar-refractivity contribution in [2.75, 3.05) is 5.32 Å². The minimum absolute atomic E-state index is 0.0324. The third-order valence-electron chi connectivity index (χ3n) is 5.19. The van der Waals surface area contributed by atoms with E-state index in [1.54, 1.807) is 78.9 Å². The summed E-state index contributed by atoms with van der Waals surface area (Å²) in [7, 11) is -4.96. The Hall–Kier alpha value is -4.26. The third-order valence-corrected chi connectivity index (χ3v) is 5.77. The quantitative estimate of drug-likeness (QED) is 0.305. The monoisotopic (exact) mass is 505 g/mol. The molecule has 0 spiro atoms. The molecule has 36 heavy (non-hydrogen) atoms. The number of carbonyl (C=O) groups is 2. The number of nitrogens with one attached hydrogen (secondary N) is 1. The van der Waals surface area contributed by atoms with Crippen LogP contribution >= 0.6 is 7.82 Å². The van der Waals surface area contributed by atoms with Gasteiger partial charge in [0.15, 0.2) is 0 Å². The molecule has 0 aliphatic carbocycles. The van der Waals surface area contributed by atoms with Gasteiger partial charge in [0.05, 0.1) is 11.1 Å². The zero-order valence-corrected chi connectivity index (χ0v) is 19.8. The van der Waals surface area contributed by atoms with E-state index in [0.29, 0.717) is 33.2 Å². The smallest absolute Gasteiger partial charge is 0.456 e. The number of phosphoric acid groups is 1. The Balaban J connectivity index is 1.63. The summed E-state index contributed by atoms with van der Waals surface area (Å²) in [5.41, 5.74) is 1.23. The molecule has 1 unspecified atom stereocenters. The minimum atomic E-state index is -4.96. The number of para-hydroxylation sites is 1. The van der Waals surface area contributed by atoms with E-state index in [0.717, 1.165) is 0 Å². The van der Waals surface area contributed by atoms with Gasteiger partial charge in [0, 0.05) is 5.69 Å². The second kappa shape index (κ2) is 10.2. The number of benzene rings is 3. The summed E-state index contributed by atoms with van der Waals surface area (Å²) in [5.74, 6) is -0.730. The average molecular weight is 505 g/mol. The Kier molecular flexibility index (Phi) is 7.01. The van der Waals surface area contributed by atoms with Crippen LogP contribution in [-0.2, 0) is 18.7 Å². The number of ether oxygens (including phenoxy) is 1. The van der Waals surface area contributed by atoms with Gasteiger partial charge < -0.3 is 19.8 Å². The number of anilines is 1. The lowest BCUT2D eigenvalue weighted by atomic mass is 10.0. The van der Waals surface area contributed by atoms with Crippen molar-refractivity contribution in [2.45, 2.75) is 13.2 Å². The summed E-state index contributed by atoms with van der Waals surface area (Å²) in [6.45, 7) is 1.20. The molecule has 182 valence electrons. The summed E-state index contributed by atoms with van der Waals surface area (Å²) in [6, 6.07) is 23.7. The normalized spacial score (nSPS) is 14.6. The van der Waals surface area contributed by atoms with Gasteiger partial charge in [-0.25, -0.2) is 9.46 Å². The van der Waals surface area contributed by atoms with Gasteiger partial charge in [-0.15, -0.1) is 0 Å². The molecule has 3 aromatic rings. The number of rotatable bonds is 8. The zero-order chi connectivity index (χ0) is 25.9. The maximum Gasteiger partial charge on any atom is 0.471 e. The maximum atomic E-state index is 13.2. The number of hydrogen-bond donors (Lipinski definition) is 3. The van der Waals surface area contributed by atoms with Gasteiger partial charge in [-0.2, -0.15) is 5.26 Å². The highest BCUT2D eigenvalue weighted by Crippen LogP contribution is 2.40. The van der Waals surface area contributed by atoms with Crippen LogP contribution in [0.5, 0.6) is 11.5 Å². The van der Waals surface area contributed by atoms with Crippen LogP contribution in [0.1, 0.15) is 18.1 Å². The molecular formula is C25H20N3O7P. The molecule has 1 atom stereocenters. The molecule has 1 aliphatic heterocycles. The van der Waals surface area contributed by atoms with Crippen LogP contribution in [0.2, 0.25) is 0 Å². The summed E-state index contributed by atoms with van der Waals surface area (Å²) in [6.07, 6.45) is -1.51. The molecule has 1 aliphatic rings. The minimum Gasteiger partial charge on any atom is -0.456 e. The fourth-order valence-corrected chi connectivity index (χ4v) is 4.13. The lowest BCUT2D eigenvalue weighted by Gasteiger charge is -2.23. The molecule has 3 N–H and O–H groups in total. The highest BCUT2D eigenvalue weighted by Gasteiger charge is 2.43. The van der Waals surface area contributed by atoms with Gasteiger partial charge in [-0.1, -0.05) is 42.5 Å². The van der Waals surface area contributed by atoms with E-state index in [1.807, 2.05) is 0 Å². The van der Waals surface area contributed by atoms with Gasteiger partial charge in [0.2, 0.25) is 0 Å². The molecule has 0 aromatic heterocycles. The van der Waals surface area contributed by atoms with Crippen LogP contribution < -0.4 is 10.1 Å². The Morgan fingerprint density at radius 3 is 2.22 bits per heavy atom. The predicted molar refractivity (Wildman–Crippen MR) is 129 cm³/mol. The van der Waals surface area contributed by atoms with Crippen LogP contribution in [0, 0.1) is 11.3 Å². The fraction of sp³-hybridized carbons (Fsp3) is 0.0800. The number of carbonyl (C=O) groups excluding carboxylic acids is 2. The number of imide groups is 1. The van der Waals surface area contributed by atoms with E-state index in [1.165, 1.54) is 6.92 Å². The van der Waals surface area contributed by atoms with E-state index in [9.17, 15) is 19.4 Å².